The largest absolute Gasteiger partial charge is 0.325 e. The number of hydrogen-bond donors (Lipinski definition) is 3. The first-order chi connectivity index (χ1) is 13.4. The van der Waals surface area contributed by atoms with E-state index in [1.807, 2.05) is 18.3 Å². The average Bonchev–Trinajstić information content (AvgIpc) is 2.71. The fourth-order valence-corrected chi connectivity index (χ4v) is 3.19. The molecule has 148 valence electrons. The van der Waals surface area contributed by atoms with Crippen molar-refractivity contribution in [2.24, 2.45) is 10.9 Å². The smallest absolute Gasteiger partial charge is 0.209 e. The van der Waals surface area contributed by atoms with Gasteiger partial charge in [-0.3, -0.25) is 15.3 Å². The normalized spacial score (nSPS) is 15.3. The number of aromatic nitrogens is 1. The molecule has 0 radical (unpaired) electrons. The standard InChI is InChI=1S/C20H32N6O/c21-17-24-20(26-19-10-14-22-15-11-19)23-12-6-1-2-7-13-25-27-16-18-8-4-3-5-9-18/h10-11,14-15,18,25H,1-9,12-13,16H2,(H2,22,23,24,26). The van der Waals surface area contributed by atoms with Gasteiger partial charge in [0.2, 0.25) is 5.96 Å². The minimum atomic E-state index is 0.474. The molecule has 0 amide bonds. The topological polar surface area (TPSA) is 94.4 Å². The predicted molar refractivity (Wildman–Crippen MR) is 108 cm³/mol. The first-order valence-electron chi connectivity index (χ1n) is 10.1. The van der Waals surface area contributed by atoms with Crippen LogP contribution in [-0.4, -0.2) is 30.6 Å². The van der Waals surface area contributed by atoms with E-state index in [0.717, 1.165) is 50.4 Å². The Morgan fingerprint density at radius 1 is 1.15 bits per heavy atom. The van der Waals surface area contributed by atoms with E-state index >= 15 is 0 Å². The second-order valence-electron chi connectivity index (χ2n) is 6.95. The van der Waals surface area contributed by atoms with E-state index in [9.17, 15) is 0 Å². The molecule has 0 spiro atoms. The highest BCUT2D eigenvalue weighted by Gasteiger charge is 2.13. The number of rotatable bonds is 11. The molecule has 0 unspecified atom stereocenters. The fraction of sp³-hybridized carbons (Fsp3) is 0.650. The van der Waals surface area contributed by atoms with E-state index in [1.54, 1.807) is 12.4 Å². The quantitative estimate of drug-likeness (QED) is 0.137. The number of aliphatic imine (C=N–C) groups is 1. The maximum absolute atomic E-state index is 8.83. The van der Waals surface area contributed by atoms with Gasteiger partial charge in [0, 0.05) is 31.2 Å². The molecular weight excluding hydrogens is 340 g/mol. The highest BCUT2D eigenvalue weighted by molar-refractivity contribution is 5.94. The third-order valence-electron chi connectivity index (χ3n) is 4.72. The third kappa shape index (κ3) is 9.92. The lowest BCUT2D eigenvalue weighted by atomic mass is 9.90. The molecule has 1 aromatic rings. The number of pyridine rings is 1. The predicted octanol–water partition coefficient (Wildman–Crippen LogP) is 3.58. The van der Waals surface area contributed by atoms with Crippen LogP contribution in [-0.2, 0) is 4.84 Å². The van der Waals surface area contributed by atoms with Gasteiger partial charge in [-0.15, -0.1) is 0 Å². The zero-order chi connectivity index (χ0) is 19.0. The molecule has 1 aliphatic rings. The number of nitriles is 1. The van der Waals surface area contributed by atoms with E-state index < -0.39 is 0 Å². The molecular formula is C20H32N6O. The summed E-state index contributed by atoms with van der Waals surface area (Å²) in [4.78, 5) is 14.0. The van der Waals surface area contributed by atoms with Crippen LogP contribution in [0.2, 0.25) is 0 Å². The number of hydroxylamine groups is 1. The number of nitrogens with zero attached hydrogens (tertiary/aromatic N) is 3. The van der Waals surface area contributed by atoms with E-state index in [2.05, 4.69) is 26.1 Å². The molecule has 0 bridgehead atoms. The second-order valence-corrected chi connectivity index (χ2v) is 6.95. The molecule has 7 heteroatoms. The number of hydrogen-bond acceptors (Lipinski definition) is 5. The Bertz CT molecular complexity index is 566. The summed E-state index contributed by atoms with van der Waals surface area (Å²) >= 11 is 0. The number of anilines is 1. The highest BCUT2D eigenvalue weighted by atomic mass is 16.6. The van der Waals surface area contributed by atoms with Gasteiger partial charge in [-0.05, 0) is 43.7 Å². The van der Waals surface area contributed by atoms with E-state index in [1.165, 1.54) is 32.1 Å². The lowest BCUT2D eigenvalue weighted by Crippen LogP contribution is -2.27. The molecule has 1 heterocycles. The van der Waals surface area contributed by atoms with Crippen molar-refractivity contribution < 1.29 is 4.84 Å². The van der Waals surface area contributed by atoms with E-state index in [4.69, 9.17) is 10.1 Å². The maximum atomic E-state index is 8.83. The third-order valence-corrected chi connectivity index (χ3v) is 4.72. The second kappa shape index (κ2) is 14.0. The minimum Gasteiger partial charge on any atom is -0.325 e. The Kier molecular flexibility index (Phi) is 10.9. The lowest BCUT2D eigenvalue weighted by molar-refractivity contribution is 0.00861. The van der Waals surface area contributed by atoms with Crippen LogP contribution in [0, 0.1) is 17.4 Å². The van der Waals surface area contributed by atoms with Crippen molar-refractivity contribution in [1.29, 1.82) is 5.26 Å². The zero-order valence-corrected chi connectivity index (χ0v) is 16.1. The summed E-state index contributed by atoms with van der Waals surface area (Å²) in [5, 5.41) is 14.5. The van der Waals surface area contributed by atoms with Crippen LogP contribution < -0.4 is 16.1 Å². The first kappa shape index (κ1) is 21.1. The average molecular weight is 373 g/mol. The Morgan fingerprint density at radius 2 is 1.93 bits per heavy atom. The molecule has 3 N–H and O–H groups in total. The van der Waals surface area contributed by atoms with Crippen LogP contribution >= 0.6 is 0 Å². The van der Waals surface area contributed by atoms with Crippen molar-refractivity contribution in [3.63, 3.8) is 0 Å². The Hall–Kier alpha value is -2.17. The van der Waals surface area contributed by atoms with Crippen molar-refractivity contribution in [2.45, 2.75) is 57.8 Å². The minimum absolute atomic E-state index is 0.474. The van der Waals surface area contributed by atoms with Crippen LogP contribution in [0.5, 0.6) is 0 Å². The zero-order valence-electron chi connectivity index (χ0n) is 16.1. The molecule has 2 rings (SSSR count). The van der Waals surface area contributed by atoms with Gasteiger partial charge >= 0.3 is 0 Å². The Balaban J connectivity index is 1.47. The fourth-order valence-electron chi connectivity index (χ4n) is 3.19. The van der Waals surface area contributed by atoms with Gasteiger partial charge in [-0.2, -0.15) is 5.26 Å². The molecule has 0 saturated heterocycles. The van der Waals surface area contributed by atoms with Gasteiger partial charge in [-0.25, -0.2) is 5.48 Å². The van der Waals surface area contributed by atoms with Crippen LogP contribution in [0.1, 0.15) is 57.8 Å². The van der Waals surface area contributed by atoms with Crippen molar-refractivity contribution in [1.82, 2.24) is 15.8 Å². The molecule has 0 atom stereocenters. The molecule has 0 aromatic carbocycles. The summed E-state index contributed by atoms with van der Waals surface area (Å²) in [5.74, 6) is 1.22. The molecule has 1 fully saturated rings. The van der Waals surface area contributed by atoms with Crippen molar-refractivity contribution in [3.8, 4) is 6.19 Å². The van der Waals surface area contributed by atoms with Crippen LogP contribution in [0.3, 0.4) is 0 Å². The Labute approximate surface area is 162 Å². The van der Waals surface area contributed by atoms with E-state index in [0.29, 0.717) is 12.5 Å². The Morgan fingerprint density at radius 3 is 2.70 bits per heavy atom. The summed E-state index contributed by atoms with van der Waals surface area (Å²) in [6.07, 6.45) is 16.4. The summed E-state index contributed by atoms with van der Waals surface area (Å²) in [7, 11) is 0. The van der Waals surface area contributed by atoms with Gasteiger partial charge < -0.3 is 10.2 Å². The number of guanidine groups is 1. The maximum Gasteiger partial charge on any atom is 0.209 e. The lowest BCUT2D eigenvalue weighted by Gasteiger charge is -2.21. The monoisotopic (exact) mass is 372 g/mol. The molecule has 1 saturated carbocycles. The van der Waals surface area contributed by atoms with Crippen molar-refractivity contribution in [2.75, 3.05) is 25.0 Å². The number of unbranched alkanes of at least 4 members (excludes halogenated alkanes) is 3. The SMILES string of the molecule is N#CNC(=NCCCCCCNOCC1CCCCC1)Nc1ccncc1. The van der Waals surface area contributed by atoms with Gasteiger partial charge in [0.15, 0.2) is 6.19 Å². The van der Waals surface area contributed by atoms with E-state index in [-0.39, 0.29) is 0 Å². The van der Waals surface area contributed by atoms with Gasteiger partial charge in [0.25, 0.3) is 0 Å². The van der Waals surface area contributed by atoms with Crippen molar-refractivity contribution >= 4 is 11.6 Å². The van der Waals surface area contributed by atoms with Crippen LogP contribution in [0.4, 0.5) is 5.69 Å². The summed E-state index contributed by atoms with van der Waals surface area (Å²) in [6, 6.07) is 3.66. The highest BCUT2D eigenvalue weighted by Crippen LogP contribution is 2.23. The summed E-state index contributed by atoms with van der Waals surface area (Å²) < 4.78 is 0. The molecule has 7 nitrogen and oxygen atoms in total. The molecule has 27 heavy (non-hydrogen) atoms. The molecule has 0 aliphatic heterocycles. The summed E-state index contributed by atoms with van der Waals surface area (Å²) in [5.41, 5.74) is 3.95. The summed E-state index contributed by atoms with van der Waals surface area (Å²) in [6.45, 7) is 2.45. The first-order valence-corrected chi connectivity index (χ1v) is 10.1. The van der Waals surface area contributed by atoms with Crippen molar-refractivity contribution in [3.05, 3.63) is 24.5 Å². The van der Waals surface area contributed by atoms with Gasteiger partial charge in [-0.1, -0.05) is 32.1 Å². The van der Waals surface area contributed by atoms with Crippen LogP contribution in [0.15, 0.2) is 29.5 Å². The van der Waals surface area contributed by atoms with Crippen LogP contribution in [0.25, 0.3) is 0 Å². The van der Waals surface area contributed by atoms with Gasteiger partial charge in [0.05, 0.1) is 6.61 Å². The molecule has 1 aliphatic carbocycles. The van der Waals surface area contributed by atoms with Gasteiger partial charge in [0.1, 0.15) is 0 Å². The number of nitrogens with one attached hydrogen (secondary N) is 3. The molecule has 1 aromatic heterocycles.